The van der Waals surface area contributed by atoms with E-state index in [-0.39, 0.29) is 11.2 Å². The van der Waals surface area contributed by atoms with Crippen LogP contribution in [0.25, 0.3) is 0 Å². The molecule has 2 rings (SSSR count). The van der Waals surface area contributed by atoms with Crippen LogP contribution in [0.15, 0.2) is 10.5 Å². The summed E-state index contributed by atoms with van der Waals surface area (Å²) in [6.07, 6.45) is 2.13. The Morgan fingerprint density at radius 2 is 2.37 bits per heavy atom. The van der Waals surface area contributed by atoms with Crippen LogP contribution in [0, 0.1) is 6.92 Å². The van der Waals surface area contributed by atoms with Crippen molar-refractivity contribution >= 4 is 5.97 Å². The van der Waals surface area contributed by atoms with Crippen molar-refractivity contribution in [3.8, 4) is 0 Å². The molecule has 0 radical (unpaired) electrons. The Morgan fingerprint density at radius 1 is 1.63 bits per heavy atom. The van der Waals surface area contributed by atoms with Crippen LogP contribution in [0.2, 0.25) is 0 Å². The first kappa shape index (κ1) is 14.1. The molecule has 0 aromatic carbocycles. The van der Waals surface area contributed by atoms with Crippen molar-refractivity contribution in [3.63, 3.8) is 0 Å². The second-order valence-electron chi connectivity index (χ2n) is 5.46. The standard InChI is InChI=1S/C14H21NO4/c1-10-12(13(16)17)7-11(19-10)8-15-6-4-5-14(2,9-15)18-3/h7H,4-6,8-9H2,1-3H3,(H,16,17). The molecule has 106 valence electrons. The van der Waals surface area contributed by atoms with E-state index in [0.29, 0.717) is 18.1 Å². The maximum Gasteiger partial charge on any atom is 0.339 e. The zero-order valence-electron chi connectivity index (χ0n) is 11.7. The average Bonchev–Trinajstić information content (AvgIpc) is 2.70. The van der Waals surface area contributed by atoms with Gasteiger partial charge in [-0.15, -0.1) is 0 Å². The second-order valence-corrected chi connectivity index (χ2v) is 5.46. The topological polar surface area (TPSA) is 62.9 Å². The number of likely N-dealkylation sites (tertiary alicyclic amines) is 1. The van der Waals surface area contributed by atoms with E-state index < -0.39 is 5.97 Å². The molecule has 2 heterocycles. The molecule has 0 amide bonds. The first-order valence-electron chi connectivity index (χ1n) is 6.54. The number of hydrogen-bond acceptors (Lipinski definition) is 4. The third-order valence-electron chi connectivity index (χ3n) is 3.81. The lowest BCUT2D eigenvalue weighted by atomic mass is 9.95. The maximum atomic E-state index is 11.0. The van der Waals surface area contributed by atoms with Crippen LogP contribution in [-0.2, 0) is 11.3 Å². The highest BCUT2D eigenvalue weighted by molar-refractivity contribution is 5.88. The molecule has 0 bridgehead atoms. The number of piperidine rings is 1. The van der Waals surface area contributed by atoms with Crippen molar-refractivity contribution in [2.45, 2.75) is 38.8 Å². The summed E-state index contributed by atoms with van der Waals surface area (Å²) in [5.74, 6) is 0.233. The molecule has 0 spiro atoms. The maximum absolute atomic E-state index is 11.0. The fourth-order valence-corrected chi connectivity index (χ4v) is 2.66. The molecule has 1 unspecified atom stereocenters. The largest absolute Gasteiger partial charge is 0.478 e. The van der Waals surface area contributed by atoms with Crippen molar-refractivity contribution in [3.05, 3.63) is 23.2 Å². The SMILES string of the molecule is COC1(C)CCCN(Cc2cc(C(=O)O)c(C)o2)C1. The fraction of sp³-hybridized carbons (Fsp3) is 0.643. The van der Waals surface area contributed by atoms with Gasteiger partial charge in [-0.3, -0.25) is 4.90 Å². The van der Waals surface area contributed by atoms with E-state index in [0.717, 1.165) is 25.9 Å². The summed E-state index contributed by atoms with van der Waals surface area (Å²) in [5.41, 5.74) is 0.136. The number of carbonyl (C=O) groups is 1. The number of carboxylic acid groups (broad SMARTS) is 1. The molecule has 1 aliphatic rings. The fourth-order valence-electron chi connectivity index (χ4n) is 2.66. The Balaban J connectivity index is 2.05. The smallest absolute Gasteiger partial charge is 0.339 e. The predicted molar refractivity (Wildman–Crippen MR) is 70.3 cm³/mol. The average molecular weight is 267 g/mol. The van der Waals surface area contributed by atoms with Crippen LogP contribution < -0.4 is 0 Å². The van der Waals surface area contributed by atoms with Crippen molar-refractivity contribution in [1.82, 2.24) is 4.90 Å². The molecular formula is C14H21NO4. The van der Waals surface area contributed by atoms with E-state index in [1.165, 1.54) is 0 Å². The summed E-state index contributed by atoms with van der Waals surface area (Å²) >= 11 is 0. The number of hydrogen-bond donors (Lipinski definition) is 1. The first-order chi connectivity index (χ1) is 8.93. The lowest BCUT2D eigenvalue weighted by Crippen LogP contribution is -2.46. The number of methoxy groups -OCH3 is 1. The quantitative estimate of drug-likeness (QED) is 0.906. The van der Waals surface area contributed by atoms with E-state index >= 15 is 0 Å². The zero-order valence-corrected chi connectivity index (χ0v) is 11.7. The number of nitrogens with zero attached hydrogens (tertiary/aromatic N) is 1. The van der Waals surface area contributed by atoms with Crippen LogP contribution in [0.4, 0.5) is 0 Å². The second kappa shape index (κ2) is 5.35. The number of carboxylic acids is 1. The van der Waals surface area contributed by atoms with Gasteiger partial charge in [0.25, 0.3) is 0 Å². The molecular weight excluding hydrogens is 246 g/mol. The predicted octanol–water partition coefficient (Wildman–Crippen LogP) is 2.29. The highest BCUT2D eigenvalue weighted by Gasteiger charge is 2.31. The number of ether oxygens (including phenoxy) is 1. The van der Waals surface area contributed by atoms with Crippen molar-refractivity contribution in [2.75, 3.05) is 20.2 Å². The highest BCUT2D eigenvalue weighted by Crippen LogP contribution is 2.26. The molecule has 1 aromatic heterocycles. The Labute approximate surface area is 113 Å². The molecule has 1 atom stereocenters. The number of aromatic carboxylic acids is 1. The Hall–Kier alpha value is -1.33. The van der Waals surface area contributed by atoms with E-state index in [2.05, 4.69) is 11.8 Å². The van der Waals surface area contributed by atoms with Crippen LogP contribution in [0.3, 0.4) is 0 Å². The van der Waals surface area contributed by atoms with E-state index in [9.17, 15) is 4.79 Å². The minimum Gasteiger partial charge on any atom is -0.478 e. The van der Waals surface area contributed by atoms with Gasteiger partial charge in [0.05, 0.1) is 12.1 Å². The van der Waals surface area contributed by atoms with Crippen LogP contribution in [0.5, 0.6) is 0 Å². The number of rotatable bonds is 4. The van der Waals surface area contributed by atoms with Crippen molar-refractivity contribution in [1.29, 1.82) is 0 Å². The summed E-state index contributed by atoms with van der Waals surface area (Å²) in [7, 11) is 1.74. The minimum absolute atomic E-state index is 0.116. The minimum atomic E-state index is -0.937. The first-order valence-corrected chi connectivity index (χ1v) is 6.54. The summed E-state index contributed by atoms with van der Waals surface area (Å²) in [5, 5.41) is 9.01. The molecule has 1 aromatic rings. The van der Waals surface area contributed by atoms with Gasteiger partial charge in [-0.2, -0.15) is 0 Å². The van der Waals surface area contributed by atoms with Gasteiger partial charge < -0.3 is 14.3 Å². The van der Waals surface area contributed by atoms with Gasteiger partial charge in [0, 0.05) is 13.7 Å². The molecule has 19 heavy (non-hydrogen) atoms. The van der Waals surface area contributed by atoms with Crippen molar-refractivity contribution < 1.29 is 19.1 Å². The normalized spacial score (nSPS) is 24.6. The van der Waals surface area contributed by atoms with Gasteiger partial charge in [-0.25, -0.2) is 4.79 Å². The van der Waals surface area contributed by atoms with Crippen LogP contribution in [0.1, 0.15) is 41.6 Å². The molecule has 1 saturated heterocycles. The van der Waals surface area contributed by atoms with Crippen LogP contribution in [-0.4, -0.2) is 41.8 Å². The lowest BCUT2D eigenvalue weighted by Gasteiger charge is -2.39. The van der Waals surface area contributed by atoms with Gasteiger partial charge in [0.2, 0.25) is 0 Å². The third-order valence-corrected chi connectivity index (χ3v) is 3.81. The molecule has 5 heteroatoms. The molecule has 0 saturated carbocycles. The summed E-state index contributed by atoms with van der Waals surface area (Å²) in [4.78, 5) is 13.2. The van der Waals surface area contributed by atoms with E-state index in [4.69, 9.17) is 14.3 Å². The molecule has 1 aliphatic heterocycles. The summed E-state index contributed by atoms with van der Waals surface area (Å²) in [6, 6.07) is 1.62. The number of aryl methyl sites for hydroxylation is 1. The van der Waals surface area contributed by atoms with Crippen molar-refractivity contribution in [2.24, 2.45) is 0 Å². The number of furan rings is 1. The van der Waals surface area contributed by atoms with Gasteiger partial charge in [0.15, 0.2) is 0 Å². The summed E-state index contributed by atoms with van der Waals surface area (Å²) in [6.45, 7) is 6.25. The molecule has 5 nitrogen and oxygen atoms in total. The van der Waals surface area contributed by atoms with Gasteiger partial charge >= 0.3 is 5.97 Å². The highest BCUT2D eigenvalue weighted by atomic mass is 16.5. The van der Waals surface area contributed by atoms with Gasteiger partial charge in [0.1, 0.15) is 17.1 Å². The molecule has 1 N–H and O–H groups in total. The molecule has 0 aliphatic carbocycles. The Bertz CT molecular complexity index is 468. The van der Waals surface area contributed by atoms with Crippen LogP contribution >= 0.6 is 0 Å². The molecule has 1 fully saturated rings. The Kier molecular flexibility index (Phi) is 3.96. The lowest BCUT2D eigenvalue weighted by molar-refractivity contribution is -0.0539. The van der Waals surface area contributed by atoms with Gasteiger partial charge in [-0.1, -0.05) is 0 Å². The zero-order chi connectivity index (χ0) is 14.0. The third kappa shape index (κ3) is 3.16. The van der Waals surface area contributed by atoms with E-state index in [1.54, 1.807) is 20.1 Å². The van der Waals surface area contributed by atoms with Gasteiger partial charge in [-0.05, 0) is 39.3 Å². The monoisotopic (exact) mass is 267 g/mol. The Morgan fingerprint density at radius 3 is 2.95 bits per heavy atom. The summed E-state index contributed by atoms with van der Waals surface area (Å²) < 4.78 is 11.1. The van der Waals surface area contributed by atoms with E-state index in [1.807, 2.05) is 0 Å².